The first kappa shape index (κ1) is 11.0. The summed E-state index contributed by atoms with van der Waals surface area (Å²) in [4.78, 5) is 11.7. The summed E-state index contributed by atoms with van der Waals surface area (Å²) in [5, 5.41) is 7.15. The minimum atomic E-state index is 0.0503. The number of thiophene rings is 1. The maximum absolute atomic E-state index is 11.7. The Morgan fingerprint density at radius 2 is 2.13 bits per heavy atom. The Kier molecular flexibility index (Phi) is 3.65. The molecule has 82 valence electrons. The van der Waals surface area contributed by atoms with Gasteiger partial charge in [0.2, 0.25) is 0 Å². The van der Waals surface area contributed by atoms with Crippen LogP contribution in [0, 0.1) is 0 Å². The fourth-order valence-corrected chi connectivity index (χ4v) is 2.75. The number of alkyl halides is 1. The summed E-state index contributed by atoms with van der Waals surface area (Å²) < 4.78 is 0. The van der Waals surface area contributed by atoms with Crippen molar-refractivity contribution in [2.75, 3.05) is 0 Å². The molecule has 0 aromatic carbocycles. The highest BCUT2D eigenvalue weighted by Gasteiger charge is 2.21. The molecule has 0 aliphatic heterocycles. The van der Waals surface area contributed by atoms with Gasteiger partial charge in [0.25, 0.3) is 5.91 Å². The van der Waals surface area contributed by atoms with Gasteiger partial charge in [0.05, 0.1) is 0 Å². The van der Waals surface area contributed by atoms with Gasteiger partial charge in [0.15, 0.2) is 0 Å². The summed E-state index contributed by atoms with van der Waals surface area (Å²) in [6.45, 7) is 0. The fraction of sp³-hybridized carbons (Fsp3) is 0.545. The minimum Gasteiger partial charge on any atom is -0.349 e. The largest absolute Gasteiger partial charge is 0.349 e. The van der Waals surface area contributed by atoms with Crippen molar-refractivity contribution in [3.05, 3.63) is 22.4 Å². The van der Waals surface area contributed by atoms with Crippen LogP contribution in [0.25, 0.3) is 0 Å². The molecule has 2 nitrogen and oxygen atoms in total. The highest BCUT2D eigenvalue weighted by Crippen LogP contribution is 2.23. The molecular formula is C11H14ClNOS. The smallest absolute Gasteiger partial charge is 0.252 e. The third-order valence-electron chi connectivity index (χ3n) is 2.78. The van der Waals surface area contributed by atoms with E-state index in [9.17, 15) is 4.79 Å². The van der Waals surface area contributed by atoms with E-state index in [1.165, 1.54) is 0 Å². The van der Waals surface area contributed by atoms with Crippen molar-refractivity contribution in [1.82, 2.24) is 5.32 Å². The number of hydrogen-bond donors (Lipinski definition) is 1. The molecule has 0 bridgehead atoms. The van der Waals surface area contributed by atoms with Crippen LogP contribution >= 0.6 is 22.9 Å². The molecule has 1 fully saturated rings. The van der Waals surface area contributed by atoms with Crippen LogP contribution in [-0.4, -0.2) is 17.3 Å². The first-order valence-electron chi connectivity index (χ1n) is 5.23. The van der Waals surface area contributed by atoms with Gasteiger partial charge in [-0.05, 0) is 37.1 Å². The minimum absolute atomic E-state index is 0.0503. The molecule has 1 heterocycles. The molecule has 15 heavy (non-hydrogen) atoms. The third-order valence-corrected chi connectivity index (χ3v) is 3.89. The Balaban J connectivity index is 1.85. The van der Waals surface area contributed by atoms with Crippen LogP contribution in [0.5, 0.6) is 0 Å². The number of halogens is 1. The van der Waals surface area contributed by atoms with E-state index in [4.69, 9.17) is 11.6 Å². The highest BCUT2D eigenvalue weighted by molar-refractivity contribution is 7.08. The Labute approximate surface area is 98.6 Å². The molecule has 1 aromatic heterocycles. The van der Waals surface area contributed by atoms with Crippen molar-refractivity contribution in [2.45, 2.75) is 37.1 Å². The topological polar surface area (TPSA) is 29.1 Å². The molecule has 1 aliphatic carbocycles. The first-order valence-corrected chi connectivity index (χ1v) is 6.61. The molecule has 1 aromatic rings. The maximum Gasteiger partial charge on any atom is 0.252 e. The number of nitrogens with one attached hydrogen (secondary N) is 1. The van der Waals surface area contributed by atoms with Crippen molar-refractivity contribution >= 4 is 28.8 Å². The van der Waals surface area contributed by atoms with Gasteiger partial charge in [0.1, 0.15) is 0 Å². The van der Waals surface area contributed by atoms with E-state index in [1.54, 1.807) is 11.3 Å². The summed E-state index contributed by atoms with van der Waals surface area (Å²) in [5.74, 6) is 0.0503. The second-order valence-corrected chi connectivity index (χ2v) is 5.33. The van der Waals surface area contributed by atoms with Crippen LogP contribution < -0.4 is 5.32 Å². The lowest BCUT2D eigenvalue weighted by Gasteiger charge is -2.25. The molecule has 1 aliphatic rings. The Morgan fingerprint density at radius 1 is 1.40 bits per heavy atom. The lowest BCUT2D eigenvalue weighted by Crippen LogP contribution is -2.37. The fourth-order valence-electron chi connectivity index (χ4n) is 1.86. The summed E-state index contributed by atoms with van der Waals surface area (Å²) in [6, 6.07) is 2.17. The zero-order chi connectivity index (χ0) is 10.7. The Bertz CT molecular complexity index is 317. The maximum atomic E-state index is 11.7. The normalized spacial score (nSPS) is 26.2. The van der Waals surface area contributed by atoms with Gasteiger partial charge in [-0.1, -0.05) is 0 Å². The predicted octanol–water partition coefficient (Wildman–Crippen LogP) is 3.03. The summed E-state index contributed by atoms with van der Waals surface area (Å²) in [6.07, 6.45) is 4.03. The number of carbonyl (C=O) groups excluding carboxylic acids is 1. The zero-order valence-corrected chi connectivity index (χ0v) is 9.98. The summed E-state index contributed by atoms with van der Waals surface area (Å²) in [7, 11) is 0. The monoisotopic (exact) mass is 243 g/mol. The lowest BCUT2D eigenvalue weighted by molar-refractivity contribution is 0.0928. The van der Waals surface area contributed by atoms with Crippen LogP contribution in [0.3, 0.4) is 0 Å². The van der Waals surface area contributed by atoms with Gasteiger partial charge in [-0.25, -0.2) is 0 Å². The van der Waals surface area contributed by atoms with E-state index in [-0.39, 0.29) is 5.91 Å². The molecule has 1 N–H and O–H groups in total. The quantitative estimate of drug-likeness (QED) is 0.795. The molecule has 1 amide bonds. The standard InChI is InChI=1S/C11H14ClNOS/c12-9-1-3-10(4-2-9)13-11(14)8-5-6-15-7-8/h5-7,9-10H,1-4H2,(H,13,14). The van der Waals surface area contributed by atoms with Crippen LogP contribution in [0.1, 0.15) is 36.0 Å². The molecule has 0 atom stereocenters. The van der Waals surface area contributed by atoms with Crippen LogP contribution in [-0.2, 0) is 0 Å². The second kappa shape index (κ2) is 4.99. The van der Waals surface area contributed by atoms with Crippen LogP contribution in [0.2, 0.25) is 0 Å². The predicted molar refractivity (Wildman–Crippen MR) is 63.7 cm³/mol. The van der Waals surface area contributed by atoms with Crippen molar-refractivity contribution in [3.63, 3.8) is 0 Å². The molecule has 2 rings (SSSR count). The van der Waals surface area contributed by atoms with Crippen LogP contribution in [0.15, 0.2) is 16.8 Å². The van der Waals surface area contributed by atoms with Crippen molar-refractivity contribution in [2.24, 2.45) is 0 Å². The SMILES string of the molecule is O=C(NC1CCC(Cl)CC1)c1ccsc1. The molecule has 0 radical (unpaired) electrons. The number of hydrogen-bond acceptors (Lipinski definition) is 2. The molecule has 0 spiro atoms. The van der Waals surface area contributed by atoms with Crippen molar-refractivity contribution < 1.29 is 4.79 Å². The zero-order valence-electron chi connectivity index (χ0n) is 8.41. The molecule has 0 unspecified atom stereocenters. The van der Waals surface area contributed by atoms with Gasteiger partial charge in [-0.2, -0.15) is 11.3 Å². The molecular weight excluding hydrogens is 230 g/mol. The molecule has 1 saturated carbocycles. The first-order chi connectivity index (χ1) is 7.25. The third kappa shape index (κ3) is 2.95. The van der Waals surface area contributed by atoms with E-state index < -0.39 is 0 Å². The highest BCUT2D eigenvalue weighted by atomic mass is 35.5. The van der Waals surface area contributed by atoms with E-state index in [0.29, 0.717) is 11.4 Å². The van der Waals surface area contributed by atoms with Gasteiger partial charge in [0, 0.05) is 22.4 Å². The van der Waals surface area contributed by atoms with E-state index in [0.717, 1.165) is 31.2 Å². The molecule has 4 heteroatoms. The van der Waals surface area contributed by atoms with Gasteiger partial charge in [-0.3, -0.25) is 4.79 Å². The lowest BCUT2D eigenvalue weighted by atomic mass is 9.95. The number of amides is 1. The average Bonchev–Trinajstić information content (AvgIpc) is 2.74. The molecule has 0 saturated heterocycles. The summed E-state index contributed by atoms with van der Waals surface area (Å²) >= 11 is 7.56. The van der Waals surface area contributed by atoms with Gasteiger partial charge < -0.3 is 5.32 Å². The van der Waals surface area contributed by atoms with Crippen molar-refractivity contribution in [1.29, 1.82) is 0 Å². The van der Waals surface area contributed by atoms with Gasteiger partial charge in [-0.15, -0.1) is 11.6 Å². The number of rotatable bonds is 2. The van der Waals surface area contributed by atoms with E-state index >= 15 is 0 Å². The average molecular weight is 244 g/mol. The van der Waals surface area contributed by atoms with Crippen molar-refractivity contribution in [3.8, 4) is 0 Å². The Morgan fingerprint density at radius 3 is 2.73 bits per heavy atom. The number of carbonyl (C=O) groups is 1. The second-order valence-electron chi connectivity index (χ2n) is 3.93. The van der Waals surface area contributed by atoms with Gasteiger partial charge >= 0.3 is 0 Å². The Hall–Kier alpha value is -0.540. The van der Waals surface area contributed by atoms with E-state index in [2.05, 4.69) is 5.32 Å². The van der Waals surface area contributed by atoms with E-state index in [1.807, 2.05) is 16.8 Å². The summed E-state index contributed by atoms with van der Waals surface area (Å²) in [5.41, 5.74) is 0.771. The van der Waals surface area contributed by atoms with Crippen LogP contribution in [0.4, 0.5) is 0 Å².